The van der Waals surface area contributed by atoms with E-state index in [0.717, 1.165) is 5.56 Å². The molecule has 0 aliphatic rings. The second kappa shape index (κ2) is 7.82. The number of nitrogens with one attached hydrogen (secondary N) is 2. The summed E-state index contributed by atoms with van der Waals surface area (Å²) in [6.07, 6.45) is -0.297. The molecule has 0 spiro atoms. The fourth-order valence-electron chi connectivity index (χ4n) is 1.81. The van der Waals surface area contributed by atoms with E-state index in [1.807, 2.05) is 30.3 Å². The third-order valence-corrected chi connectivity index (χ3v) is 3.51. The van der Waals surface area contributed by atoms with Crippen molar-refractivity contribution in [3.63, 3.8) is 0 Å². The third kappa shape index (κ3) is 4.76. The summed E-state index contributed by atoms with van der Waals surface area (Å²) in [5.74, 6) is -0.843. The van der Waals surface area contributed by atoms with Crippen LogP contribution in [0.4, 0.5) is 5.69 Å². The van der Waals surface area contributed by atoms with Gasteiger partial charge in [-0.1, -0.05) is 59.6 Å². The van der Waals surface area contributed by atoms with Crippen LogP contribution in [0.2, 0.25) is 10.0 Å². The van der Waals surface area contributed by atoms with Crippen LogP contribution in [-0.4, -0.2) is 11.8 Å². The SMILES string of the molecule is O=C(CC(=O)Nc1c(Cl)cccc1Cl)NCc1ccccc1. The van der Waals surface area contributed by atoms with Crippen LogP contribution in [0.1, 0.15) is 12.0 Å². The molecule has 0 saturated carbocycles. The van der Waals surface area contributed by atoms with Crippen LogP contribution in [0.3, 0.4) is 0 Å². The van der Waals surface area contributed by atoms with E-state index in [9.17, 15) is 9.59 Å². The lowest BCUT2D eigenvalue weighted by molar-refractivity contribution is -0.126. The van der Waals surface area contributed by atoms with Crippen molar-refractivity contribution in [3.05, 3.63) is 64.1 Å². The average Bonchev–Trinajstić information content (AvgIpc) is 2.50. The highest BCUT2D eigenvalue weighted by Crippen LogP contribution is 2.29. The summed E-state index contributed by atoms with van der Waals surface area (Å²) in [5.41, 5.74) is 1.28. The van der Waals surface area contributed by atoms with Gasteiger partial charge >= 0.3 is 0 Å². The molecular formula is C16H14Cl2N2O2. The molecule has 0 radical (unpaired) electrons. The molecule has 0 aliphatic carbocycles. The van der Waals surface area contributed by atoms with Gasteiger partial charge in [0.1, 0.15) is 6.42 Å². The average molecular weight is 337 g/mol. The highest BCUT2D eigenvalue weighted by molar-refractivity contribution is 6.39. The van der Waals surface area contributed by atoms with Gasteiger partial charge in [-0.3, -0.25) is 9.59 Å². The van der Waals surface area contributed by atoms with Gasteiger partial charge in [-0.25, -0.2) is 0 Å². The van der Waals surface area contributed by atoms with E-state index in [1.54, 1.807) is 18.2 Å². The fourth-order valence-corrected chi connectivity index (χ4v) is 2.30. The van der Waals surface area contributed by atoms with E-state index in [2.05, 4.69) is 10.6 Å². The number of anilines is 1. The van der Waals surface area contributed by atoms with Crippen LogP contribution in [0.5, 0.6) is 0 Å². The van der Waals surface area contributed by atoms with Crippen molar-refractivity contribution in [2.24, 2.45) is 0 Å². The Labute approximate surface area is 138 Å². The van der Waals surface area contributed by atoms with Crippen molar-refractivity contribution in [3.8, 4) is 0 Å². The number of benzene rings is 2. The Morgan fingerprint density at radius 3 is 2.14 bits per heavy atom. The lowest BCUT2D eigenvalue weighted by atomic mass is 10.2. The molecule has 2 aromatic carbocycles. The molecule has 2 amide bonds. The quantitative estimate of drug-likeness (QED) is 0.819. The standard InChI is InChI=1S/C16H14Cl2N2O2/c17-12-7-4-8-13(18)16(12)20-15(22)9-14(21)19-10-11-5-2-1-3-6-11/h1-8H,9-10H2,(H,19,21)(H,20,22). The molecule has 0 fully saturated rings. The summed E-state index contributed by atoms with van der Waals surface area (Å²) in [4.78, 5) is 23.6. The van der Waals surface area contributed by atoms with Gasteiger partial charge in [0.2, 0.25) is 11.8 Å². The maximum atomic E-state index is 11.8. The maximum absolute atomic E-state index is 11.8. The van der Waals surface area contributed by atoms with Gasteiger partial charge in [0.05, 0.1) is 15.7 Å². The number of hydrogen-bond acceptors (Lipinski definition) is 2. The van der Waals surface area contributed by atoms with Gasteiger partial charge in [-0.05, 0) is 17.7 Å². The van der Waals surface area contributed by atoms with Gasteiger partial charge in [0, 0.05) is 6.54 Å². The number of halogens is 2. The second-order valence-electron chi connectivity index (χ2n) is 4.58. The molecule has 0 bridgehead atoms. The van der Waals surface area contributed by atoms with Crippen LogP contribution in [0.15, 0.2) is 48.5 Å². The molecule has 0 atom stereocenters. The topological polar surface area (TPSA) is 58.2 Å². The summed E-state index contributed by atoms with van der Waals surface area (Å²) in [6, 6.07) is 14.3. The summed E-state index contributed by atoms with van der Waals surface area (Å²) in [6.45, 7) is 0.375. The van der Waals surface area contributed by atoms with Crippen molar-refractivity contribution in [2.45, 2.75) is 13.0 Å². The van der Waals surface area contributed by atoms with Crippen LogP contribution in [0.25, 0.3) is 0 Å². The largest absolute Gasteiger partial charge is 0.352 e. The molecule has 114 valence electrons. The maximum Gasteiger partial charge on any atom is 0.233 e. The Morgan fingerprint density at radius 2 is 1.50 bits per heavy atom. The van der Waals surface area contributed by atoms with E-state index in [4.69, 9.17) is 23.2 Å². The van der Waals surface area contributed by atoms with Crippen LogP contribution >= 0.6 is 23.2 Å². The Bertz CT molecular complexity index is 655. The predicted octanol–water partition coefficient (Wildman–Crippen LogP) is 3.64. The van der Waals surface area contributed by atoms with E-state index < -0.39 is 5.91 Å². The van der Waals surface area contributed by atoms with E-state index in [1.165, 1.54) is 0 Å². The fraction of sp³-hybridized carbons (Fsp3) is 0.125. The van der Waals surface area contributed by atoms with E-state index in [0.29, 0.717) is 22.3 Å². The minimum Gasteiger partial charge on any atom is -0.352 e. The van der Waals surface area contributed by atoms with Gasteiger partial charge in [-0.15, -0.1) is 0 Å². The first-order chi connectivity index (χ1) is 10.6. The zero-order chi connectivity index (χ0) is 15.9. The third-order valence-electron chi connectivity index (χ3n) is 2.88. The highest BCUT2D eigenvalue weighted by Gasteiger charge is 2.13. The number of para-hydroxylation sites is 1. The molecule has 22 heavy (non-hydrogen) atoms. The molecule has 0 saturated heterocycles. The molecule has 0 aromatic heterocycles. The second-order valence-corrected chi connectivity index (χ2v) is 5.40. The molecule has 2 aromatic rings. The minimum absolute atomic E-state index is 0.297. The molecule has 2 rings (SSSR count). The van der Waals surface area contributed by atoms with Crippen molar-refractivity contribution < 1.29 is 9.59 Å². The first kappa shape index (κ1) is 16.3. The lowest BCUT2D eigenvalue weighted by Crippen LogP contribution is -2.27. The molecule has 0 aliphatic heterocycles. The van der Waals surface area contributed by atoms with Crippen molar-refractivity contribution in [1.82, 2.24) is 5.32 Å². The minimum atomic E-state index is -0.472. The molecule has 4 nitrogen and oxygen atoms in total. The Hall–Kier alpha value is -2.04. The van der Waals surface area contributed by atoms with Gasteiger partial charge in [-0.2, -0.15) is 0 Å². The van der Waals surface area contributed by atoms with Gasteiger partial charge < -0.3 is 10.6 Å². The first-order valence-electron chi connectivity index (χ1n) is 6.61. The Kier molecular flexibility index (Phi) is 5.81. The number of hydrogen-bond donors (Lipinski definition) is 2. The Balaban J connectivity index is 1.85. The van der Waals surface area contributed by atoms with Crippen molar-refractivity contribution >= 4 is 40.7 Å². The highest BCUT2D eigenvalue weighted by atomic mass is 35.5. The summed E-state index contributed by atoms with van der Waals surface area (Å²) < 4.78 is 0. The molecule has 6 heteroatoms. The monoisotopic (exact) mass is 336 g/mol. The van der Waals surface area contributed by atoms with Crippen LogP contribution < -0.4 is 10.6 Å². The zero-order valence-electron chi connectivity index (χ0n) is 11.6. The van der Waals surface area contributed by atoms with Crippen LogP contribution in [-0.2, 0) is 16.1 Å². The number of carbonyl (C=O) groups excluding carboxylic acids is 2. The predicted molar refractivity (Wildman–Crippen MR) is 88.0 cm³/mol. The molecular weight excluding hydrogens is 323 g/mol. The first-order valence-corrected chi connectivity index (χ1v) is 7.36. The molecule has 2 N–H and O–H groups in total. The Morgan fingerprint density at radius 1 is 0.864 bits per heavy atom. The number of rotatable bonds is 5. The van der Waals surface area contributed by atoms with E-state index in [-0.39, 0.29) is 12.3 Å². The van der Waals surface area contributed by atoms with Gasteiger partial charge in [0.15, 0.2) is 0 Å². The van der Waals surface area contributed by atoms with Crippen molar-refractivity contribution in [1.29, 1.82) is 0 Å². The van der Waals surface area contributed by atoms with E-state index >= 15 is 0 Å². The van der Waals surface area contributed by atoms with Gasteiger partial charge in [0.25, 0.3) is 0 Å². The summed E-state index contributed by atoms with van der Waals surface area (Å²) in [5, 5.41) is 5.87. The van der Waals surface area contributed by atoms with Crippen LogP contribution in [0, 0.1) is 0 Å². The normalized spacial score (nSPS) is 10.1. The number of carbonyl (C=O) groups is 2. The smallest absolute Gasteiger partial charge is 0.233 e. The summed E-state index contributed by atoms with van der Waals surface area (Å²) >= 11 is 11.9. The molecule has 0 heterocycles. The lowest BCUT2D eigenvalue weighted by Gasteiger charge is -2.09. The zero-order valence-corrected chi connectivity index (χ0v) is 13.1. The molecule has 0 unspecified atom stereocenters. The number of amides is 2. The summed E-state index contributed by atoms with van der Waals surface area (Å²) in [7, 11) is 0. The van der Waals surface area contributed by atoms with Crippen molar-refractivity contribution in [2.75, 3.05) is 5.32 Å².